The highest BCUT2D eigenvalue weighted by molar-refractivity contribution is 5.74. The highest BCUT2D eigenvalue weighted by Crippen LogP contribution is 2.29. The van der Waals surface area contributed by atoms with Gasteiger partial charge in [-0.2, -0.15) is 0 Å². The molecular formula is C30H37N3O5. The molecule has 3 amide bonds. The second-order valence-corrected chi connectivity index (χ2v) is 9.75. The zero-order chi connectivity index (χ0) is 27.4. The maximum atomic E-state index is 13.1. The SMILES string of the molecule is COc1cc(CN(CCNC(=O)OC(C)(C)C)C(=O)NCc2ccccc2)ccc1OCc1ccccc1. The Labute approximate surface area is 224 Å². The molecule has 0 aliphatic rings. The lowest BCUT2D eigenvalue weighted by molar-refractivity contribution is 0.0523. The average molecular weight is 520 g/mol. The predicted molar refractivity (Wildman–Crippen MR) is 147 cm³/mol. The van der Waals surface area contributed by atoms with Gasteiger partial charge >= 0.3 is 12.1 Å². The molecule has 202 valence electrons. The Balaban J connectivity index is 1.66. The molecule has 8 heteroatoms. The number of alkyl carbamates (subject to hydrolysis) is 1. The van der Waals surface area contributed by atoms with Gasteiger partial charge in [0.25, 0.3) is 0 Å². The number of rotatable bonds is 11. The molecule has 8 nitrogen and oxygen atoms in total. The van der Waals surface area contributed by atoms with E-state index in [1.807, 2.05) is 78.9 Å². The van der Waals surface area contributed by atoms with Gasteiger partial charge in [-0.05, 0) is 49.6 Å². The van der Waals surface area contributed by atoms with E-state index in [4.69, 9.17) is 14.2 Å². The van der Waals surface area contributed by atoms with Gasteiger partial charge in [0.15, 0.2) is 11.5 Å². The summed E-state index contributed by atoms with van der Waals surface area (Å²) < 4.78 is 16.8. The quantitative estimate of drug-likeness (QED) is 0.349. The van der Waals surface area contributed by atoms with Crippen molar-refractivity contribution in [2.24, 2.45) is 0 Å². The highest BCUT2D eigenvalue weighted by Gasteiger charge is 2.18. The number of hydrogen-bond acceptors (Lipinski definition) is 5. The maximum Gasteiger partial charge on any atom is 0.407 e. The van der Waals surface area contributed by atoms with E-state index < -0.39 is 11.7 Å². The predicted octanol–water partition coefficient (Wildman–Crippen LogP) is 5.51. The van der Waals surface area contributed by atoms with Crippen molar-refractivity contribution < 1.29 is 23.8 Å². The van der Waals surface area contributed by atoms with Gasteiger partial charge in [0.1, 0.15) is 12.2 Å². The number of urea groups is 1. The Bertz CT molecular complexity index is 1160. The zero-order valence-electron chi connectivity index (χ0n) is 22.5. The molecule has 0 radical (unpaired) electrons. The van der Waals surface area contributed by atoms with Gasteiger partial charge in [0.05, 0.1) is 7.11 Å². The third-order valence-electron chi connectivity index (χ3n) is 5.46. The zero-order valence-corrected chi connectivity index (χ0v) is 22.5. The van der Waals surface area contributed by atoms with Crippen LogP contribution in [0, 0.1) is 0 Å². The molecule has 3 aromatic rings. The number of amides is 3. The number of ether oxygens (including phenoxy) is 3. The van der Waals surface area contributed by atoms with Crippen molar-refractivity contribution in [1.82, 2.24) is 15.5 Å². The molecule has 0 aromatic heterocycles. The summed E-state index contributed by atoms with van der Waals surface area (Å²) in [4.78, 5) is 26.8. The van der Waals surface area contributed by atoms with Crippen LogP contribution in [0.15, 0.2) is 78.9 Å². The summed E-state index contributed by atoms with van der Waals surface area (Å²) >= 11 is 0. The summed E-state index contributed by atoms with van der Waals surface area (Å²) in [5.41, 5.74) is 2.31. The first-order valence-electron chi connectivity index (χ1n) is 12.6. The van der Waals surface area contributed by atoms with Gasteiger partial charge in [-0.1, -0.05) is 66.7 Å². The topological polar surface area (TPSA) is 89.1 Å². The van der Waals surface area contributed by atoms with Crippen LogP contribution in [-0.4, -0.2) is 42.8 Å². The van der Waals surface area contributed by atoms with Crippen LogP contribution in [0.5, 0.6) is 11.5 Å². The highest BCUT2D eigenvalue weighted by atomic mass is 16.6. The average Bonchev–Trinajstić information content (AvgIpc) is 2.90. The summed E-state index contributed by atoms with van der Waals surface area (Å²) in [5.74, 6) is 1.20. The van der Waals surface area contributed by atoms with Gasteiger partial charge in [-0.25, -0.2) is 9.59 Å². The Morgan fingerprint density at radius 1 is 0.816 bits per heavy atom. The lowest BCUT2D eigenvalue weighted by Crippen LogP contribution is -2.44. The number of benzene rings is 3. The molecule has 0 unspecified atom stereocenters. The van der Waals surface area contributed by atoms with Crippen molar-refractivity contribution in [3.63, 3.8) is 0 Å². The second kappa shape index (κ2) is 13.9. The smallest absolute Gasteiger partial charge is 0.407 e. The van der Waals surface area contributed by atoms with Crippen molar-refractivity contribution in [2.45, 2.75) is 46.1 Å². The van der Waals surface area contributed by atoms with Crippen LogP contribution in [-0.2, 0) is 24.4 Å². The molecular weight excluding hydrogens is 482 g/mol. The standard InChI is InChI=1S/C30H37N3O5/c1-30(2,3)38-29(35)31-17-18-33(28(34)32-20-23-11-7-5-8-12-23)21-25-15-16-26(27(19-25)36-4)37-22-24-13-9-6-10-14-24/h5-16,19H,17-18,20-22H2,1-4H3,(H,31,35)(H,32,34). The first-order chi connectivity index (χ1) is 18.2. The van der Waals surface area contributed by atoms with Crippen molar-refractivity contribution in [2.75, 3.05) is 20.2 Å². The van der Waals surface area contributed by atoms with Crippen LogP contribution in [0.2, 0.25) is 0 Å². The van der Waals surface area contributed by atoms with Gasteiger partial charge in [-0.3, -0.25) is 0 Å². The van der Waals surface area contributed by atoms with Crippen LogP contribution in [0.4, 0.5) is 9.59 Å². The molecule has 0 bridgehead atoms. The lowest BCUT2D eigenvalue weighted by Gasteiger charge is -2.25. The van der Waals surface area contributed by atoms with Crippen molar-refractivity contribution in [1.29, 1.82) is 0 Å². The van der Waals surface area contributed by atoms with Gasteiger partial charge < -0.3 is 29.7 Å². The second-order valence-electron chi connectivity index (χ2n) is 9.75. The van der Waals surface area contributed by atoms with E-state index in [0.717, 1.165) is 16.7 Å². The minimum atomic E-state index is -0.599. The largest absolute Gasteiger partial charge is 0.493 e. The normalized spacial score (nSPS) is 10.8. The molecule has 0 spiro atoms. The molecule has 3 rings (SSSR count). The molecule has 0 aliphatic carbocycles. The molecule has 2 N–H and O–H groups in total. The fourth-order valence-corrected chi connectivity index (χ4v) is 3.63. The molecule has 0 aliphatic heterocycles. The third-order valence-corrected chi connectivity index (χ3v) is 5.46. The van der Waals surface area contributed by atoms with E-state index >= 15 is 0 Å². The van der Waals surface area contributed by atoms with E-state index in [0.29, 0.717) is 31.2 Å². The van der Waals surface area contributed by atoms with Gasteiger partial charge in [0.2, 0.25) is 0 Å². The third kappa shape index (κ3) is 9.69. The van der Waals surface area contributed by atoms with Crippen molar-refractivity contribution in [3.8, 4) is 11.5 Å². The number of nitrogens with one attached hydrogen (secondary N) is 2. The maximum absolute atomic E-state index is 13.1. The summed E-state index contributed by atoms with van der Waals surface area (Å²) in [5, 5.41) is 5.68. The molecule has 0 saturated carbocycles. The van der Waals surface area contributed by atoms with E-state index in [9.17, 15) is 9.59 Å². The summed E-state index contributed by atoms with van der Waals surface area (Å²) in [6, 6.07) is 24.9. The summed E-state index contributed by atoms with van der Waals surface area (Å²) in [6.07, 6.45) is -0.524. The molecule has 0 heterocycles. The van der Waals surface area contributed by atoms with Crippen LogP contribution in [0.25, 0.3) is 0 Å². The number of nitrogens with zero attached hydrogens (tertiary/aromatic N) is 1. The minimum absolute atomic E-state index is 0.239. The lowest BCUT2D eigenvalue weighted by atomic mass is 10.2. The molecule has 0 atom stereocenters. The summed E-state index contributed by atoms with van der Waals surface area (Å²) in [6.45, 7) is 7.05. The number of carbonyl (C=O) groups is 2. The van der Waals surface area contributed by atoms with Crippen LogP contribution in [0.3, 0.4) is 0 Å². The Morgan fingerprint density at radius 2 is 1.47 bits per heavy atom. The molecule has 0 fully saturated rings. The van der Waals surface area contributed by atoms with E-state index in [-0.39, 0.29) is 19.1 Å². The van der Waals surface area contributed by atoms with Gasteiger partial charge in [-0.15, -0.1) is 0 Å². The van der Waals surface area contributed by atoms with E-state index in [1.54, 1.807) is 32.8 Å². The fourth-order valence-electron chi connectivity index (χ4n) is 3.63. The van der Waals surface area contributed by atoms with Crippen LogP contribution in [0.1, 0.15) is 37.5 Å². The first-order valence-corrected chi connectivity index (χ1v) is 12.6. The number of hydrogen-bond donors (Lipinski definition) is 2. The number of carbonyl (C=O) groups excluding carboxylic acids is 2. The van der Waals surface area contributed by atoms with Crippen molar-refractivity contribution >= 4 is 12.1 Å². The molecule has 3 aromatic carbocycles. The Hall–Kier alpha value is -4.20. The number of methoxy groups -OCH3 is 1. The van der Waals surface area contributed by atoms with E-state index in [1.165, 1.54) is 0 Å². The van der Waals surface area contributed by atoms with Crippen molar-refractivity contribution in [3.05, 3.63) is 95.6 Å². The summed E-state index contributed by atoms with van der Waals surface area (Å²) in [7, 11) is 1.59. The Morgan fingerprint density at radius 3 is 2.11 bits per heavy atom. The Kier molecular flexibility index (Phi) is 10.4. The fraction of sp³-hybridized carbons (Fsp3) is 0.333. The molecule has 0 saturated heterocycles. The minimum Gasteiger partial charge on any atom is -0.493 e. The van der Waals surface area contributed by atoms with Crippen LogP contribution < -0.4 is 20.1 Å². The van der Waals surface area contributed by atoms with Gasteiger partial charge in [0, 0.05) is 26.2 Å². The molecule has 38 heavy (non-hydrogen) atoms. The first kappa shape index (κ1) is 28.4. The van der Waals surface area contributed by atoms with Crippen LogP contribution >= 0.6 is 0 Å². The monoisotopic (exact) mass is 519 g/mol. The van der Waals surface area contributed by atoms with E-state index in [2.05, 4.69) is 10.6 Å².